The van der Waals surface area contributed by atoms with E-state index in [1.54, 1.807) is 21.8 Å². The molecule has 114 valence electrons. The van der Waals surface area contributed by atoms with Crippen LogP contribution in [0.1, 0.15) is 25.8 Å². The molecule has 0 aliphatic carbocycles. The predicted octanol–water partition coefficient (Wildman–Crippen LogP) is 2.94. The summed E-state index contributed by atoms with van der Waals surface area (Å²) in [5.74, 6) is 0.554. The summed E-state index contributed by atoms with van der Waals surface area (Å²) < 4.78 is 3.38. The molecule has 5 nitrogen and oxygen atoms in total. The third kappa shape index (κ3) is 2.66. The van der Waals surface area contributed by atoms with Crippen LogP contribution in [0, 0.1) is 12.8 Å². The van der Waals surface area contributed by atoms with Crippen molar-refractivity contribution in [1.29, 1.82) is 0 Å². The quantitative estimate of drug-likeness (QED) is 0.744. The maximum atomic E-state index is 12.5. The van der Waals surface area contributed by atoms with E-state index in [-0.39, 0.29) is 5.56 Å². The minimum atomic E-state index is -0.0241. The topological polar surface area (TPSA) is 52.7 Å². The van der Waals surface area contributed by atoms with Gasteiger partial charge in [0.25, 0.3) is 5.56 Å². The van der Waals surface area contributed by atoms with Gasteiger partial charge in [0, 0.05) is 6.54 Å². The molecule has 0 spiro atoms. The summed E-state index contributed by atoms with van der Waals surface area (Å²) in [5.41, 5.74) is 2.68. The fraction of sp³-hybridized carbons (Fsp3) is 0.353. The first-order valence-corrected chi connectivity index (χ1v) is 7.56. The molecule has 2 aromatic heterocycles. The molecule has 22 heavy (non-hydrogen) atoms. The third-order valence-corrected chi connectivity index (χ3v) is 3.78. The normalized spacial score (nSPS) is 11.5. The van der Waals surface area contributed by atoms with Gasteiger partial charge in [0.15, 0.2) is 5.65 Å². The fourth-order valence-electron chi connectivity index (χ4n) is 2.38. The summed E-state index contributed by atoms with van der Waals surface area (Å²) in [6.07, 6.45) is 4.19. The first-order valence-electron chi connectivity index (χ1n) is 7.56. The van der Waals surface area contributed by atoms with Crippen molar-refractivity contribution in [2.24, 2.45) is 5.92 Å². The Bertz CT molecular complexity index is 843. The van der Waals surface area contributed by atoms with E-state index in [1.807, 2.05) is 31.2 Å². The van der Waals surface area contributed by atoms with Crippen LogP contribution in [-0.2, 0) is 6.54 Å². The van der Waals surface area contributed by atoms with Gasteiger partial charge in [-0.15, -0.1) is 0 Å². The molecule has 0 aliphatic rings. The lowest BCUT2D eigenvalue weighted by Crippen LogP contribution is -2.21. The minimum Gasteiger partial charge on any atom is -0.299 e. The van der Waals surface area contributed by atoms with Crippen LogP contribution in [0.25, 0.3) is 16.7 Å². The van der Waals surface area contributed by atoms with E-state index in [0.29, 0.717) is 23.5 Å². The van der Waals surface area contributed by atoms with E-state index in [9.17, 15) is 4.79 Å². The zero-order chi connectivity index (χ0) is 15.7. The van der Waals surface area contributed by atoms with Gasteiger partial charge < -0.3 is 0 Å². The number of aromatic nitrogens is 4. The first kappa shape index (κ1) is 14.5. The SMILES string of the molecule is Cc1ccc(-n2ncc3c(=O)n(CCC(C)C)cnc32)cc1. The molecule has 0 N–H and O–H groups in total. The smallest absolute Gasteiger partial charge is 0.264 e. The van der Waals surface area contributed by atoms with Crippen molar-refractivity contribution in [2.75, 3.05) is 0 Å². The van der Waals surface area contributed by atoms with Gasteiger partial charge in [-0.25, -0.2) is 9.67 Å². The Labute approximate surface area is 129 Å². The monoisotopic (exact) mass is 296 g/mol. The van der Waals surface area contributed by atoms with Crippen LogP contribution in [0.5, 0.6) is 0 Å². The van der Waals surface area contributed by atoms with Crippen LogP contribution >= 0.6 is 0 Å². The number of benzene rings is 1. The molecule has 0 saturated carbocycles. The molecule has 1 aromatic carbocycles. The number of aryl methyl sites for hydroxylation is 2. The minimum absolute atomic E-state index is 0.0241. The molecule has 0 saturated heterocycles. The number of fused-ring (bicyclic) bond motifs is 1. The largest absolute Gasteiger partial charge is 0.299 e. The Kier molecular flexibility index (Phi) is 3.79. The molecule has 0 aliphatic heterocycles. The summed E-state index contributed by atoms with van der Waals surface area (Å²) >= 11 is 0. The van der Waals surface area contributed by atoms with Gasteiger partial charge in [-0.2, -0.15) is 5.10 Å². The summed E-state index contributed by atoms with van der Waals surface area (Å²) in [6, 6.07) is 8.00. The number of nitrogens with zero attached hydrogens (tertiary/aromatic N) is 4. The molecule has 3 aromatic rings. The summed E-state index contributed by atoms with van der Waals surface area (Å²) in [7, 11) is 0. The molecule has 0 unspecified atom stereocenters. The molecule has 5 heteroatoms. The molecular weight excluding hydrogens is 276 g/mol. The molecule has 0 fully saturated rings. The van der Waals surface area contributed by atoms with E-state index in [2.05, 4.69) is 23.9 Å². The molecule has 0 radical (unpaired) electrons. The lowest BCUT2D eigenvalue weighted by atomic mass is 10.1. The number of hydrogen-bond donors (Lipinski definition) is 0. The van der Waals surface area contributed by atoms with Crippen molar-refractivity contribution in [3.05, 3.63) is 52.7 Å². The van der Waals surface area contributed by atoms with Crippen molar-refractivity contribution in [3.8, 4) is 5.69 Å². The Hall–Kier alpha value is -2.43. The zero-order valence-corrected chi connectivity index (χ0v) is 13.2. The van der Waals surface area contributed by atoms with E-state index in [0.717, 1.165) is 12.1 Å². The van der Waals surface area contributed by atoms with Crippen LogP contribution in [0.3, 0.4) is 0 Å². The highest BCUT2D eigenvalue weighted by atomic mass is 16.1. The Balaban J connectivity index is 2.04. The van der Waals surface area contributed by atoms with E-state index < -0.39 is 0 Å². The average Bonchev–Trinajstić information content (AvgIpc) is 2.92. The van der Waals surface area contributed by atoms with Gasteiger partial charge in [-0.1, -0.05) is 31.5 Å². The summed E-state index contributed by atoms with van der Waals surface area (Å²) in [6.45, 7) is 7.02. The van der Waals surface area contributed by atoms with Crippen LogP contribution in [0.4, 0.5) is 0 Å². The highest BCUT2D eigenvalue weighted by Gasteiger charge is 2.11. The van der Waals surface area contributed by atoms with Gasteiger partial charge in [0.1, 0.15) is 5.39 Å². The zero-order valence-electron chi connectivity index (χ0n) is 13.2. The maximum absolute atomic E-state index is 12.5. The number of rotatable bonds is 4. The first-order chi connectivity index (χ1) is 10.6. The van der Waals surface area contributed by atoms with E-state index >= 15 is 0 Å². The van der Waals surface area contributed by atoms with Gasteiger partial charge in [-0.3, -0.25) is 9.36 Å². The van der Waals surface area contributed by atoms with Crippen LogP contribution in [0.15, 0.2) is 41.6 Å². The summed E-state index contributed by atoms with van der Waals surface area (Å²) in [4.78, 5) is 17.0. The van der Waals surface area contributed by atoms with Gasteiger partial charge in [-0.05, 0) is 31.4 Å². The van der Waals surface area contributed by atoms with Gasteiger partial charge in [0.2, 0.25) is 0 Å². The van der Waals surface area contributed by atoms with Crippen molar-refractivity contribution in [1.82, 2.24) is 19.3 Å². The highest BCUT2D eigenvalue weighted by Crippen LogP contribution is 2.14. The van der Waals surface area contributed by atoms with Gasteiger partial charge >= 0.3 is 0 Å². The maximum Gasteiger partial charge on any atom is 0.264 e. The van der Waals surface area contributed by atoms with Crippen LogP contribution in [-0.4, -0.2) is 19.3 Å². The summed E-state index contributed by atoms with van der Waals surface area (Å²) in [5, 5.41) is 4.90. The average molecular weight is 296 g/mol. The molecular formula is C17H20N4O. The van der Waals surface area contributed by atoms with Crippen LogP contribution < -0.4 is 5.56 Å². The standard InChI is InChI=1S/C17H20N4O/c1-12(2)8-9-20-11-18-16-15(17(20)22)10-19-21(16)14-6-4-13(3)5-7-14/h4-7,10-12H,8-9H2,1-3H3. The molecule has 2 heterocycles. The number of hydrogen-bond acceptors (Lipinski definition) is 3. The predicted molar refractivity (Wildman–Crippen MR) is 87.3 cm³/mol. The fourth-order valence-corrected chi connectivity index (χ4v) is 2.38. The lowest BCUT2D eigenvalue weighted by molar-refractivity contribution is 0.506. The molecule has 0 atom stereocenters. The Morgan fingerprint density at radius 2 is 1.91 bits per heavy atom. The van der Waals surface area contributed by atoms with Crippen LogP contribution in [0.2, 0.25) is 0 Å². The third-order valence-electron chi connectivity index (χ3n) is 3.78. The Morgan fingerprint density at radius 1 is 1.18 bits per heavy atom. The molecule has 0 bridgehead atoms. The second-order valence-corrected chi connectivity index (χ2v) is 6.05. The van der Waals surface area contributed by atoms with Crippen molar-refractivity contribution in [3.63, 3.8) is 0 Å². The van der Waals surface area contributed by atoms with E-state index in [1.165, 1.54) is 5.56 Å². The Morgan fingerprint density at radius 3 is 2.59 bits per heavy atom. The van der Waals surface area contributed by atoms with Crippen molar-refractivity contribution >= 4 is 11.0 Å². The lowest BCUT2D eigenvalue weighted by Gasteiger charge is -2.08. The van der Waals surface area contributed by atoms with Crippen molar-refractivity contribution in [2.45, 2.75) is 33.7 Å². The second-order valence-electron chi connectivity index (χ2n) is 6.05. The van der Waals surface area contributed by atoms with Crippen molar-refractivity contribution < 1.29 is 0 Å². The second kappa shape index (κ2) is 5.75. The van der Waals surface area contributed by atoms with Gasteiger partial charge in [0.05, 0.1) is 18.2 Å². The molecule has 0 amide bonds. The van der Waals surface area contributed by atoms with E-state index in [4.69, 9.17) is 0 Å². The molecule has 3 rings (SSSR count). The highest BCUT2D eigenvalue weighted by molar-refractivity contribution is 5.74.